The summed E-state index contributed by atoms with van der Waals surface area (Å²) in [6.45, 7) is 4.68. The number of aliphatic carboxylic acids is 1. The lowest BCUT2D eigenvalue weighted by atomic mass is 9.70. The van der Waals surface area contributed by atoms with Gasteiger partial charge in [-0.1, -0.05) is 13.3 Å². The van der Waals surface area contributed by atoms with Gasteiger partial charge in [-0.2, -0.15) is 0 Å². The summed E-state index contributed by atoms with van der Waals surface area (Å²) in [5.41, 5.74) is 0.193. The molecule has 4 aliphatic rings. The number of carbonyl (C=O) groups excluding carboxylic acids is 2. The first-order valence-corrected chi connectivity index (χ1v) is 14.7. The predicted octanol–water partition coefficient (Wildman–Crippen LogP) is 5.11. The number of carbonyl (C=O) groups is 3. The predicted molar refractivity (Wildman–Crippen MR) is 145 cm³/mol. The fourth-order valence-electron chi connectivity index (χ4n) is 7.63. The standard InChI is InChI=1S/C31H43FN2O5/c1-30(9-4-10-30)17-33-28(36)25-19-5-6-20(14-19)26(25)34-27(35)22-15-21(23(32)16-24(22)39-3)13-18-7-11-31(2,12-8-18)29(37)38/h15-16,18-20,25-26H,4-14,17H2,1-3H3,(H,33,36)(H,34,35)(H,37,38)/t18?,19-,20+,25+,26-,31?/m1/s1. The smallest absolute Gasteiger partial charge is 0.309 e. The molecular formula is C31H43FN2O5. The Kier molecular flexibility index (Phi) is 7.68. The summed E-state index contributed by atoms with van der Waals surface area (Å²) in [6.07, 6.45) is 9.42. The van der Waals surface area contributed by atoms with Crippen LogP contribution in [0.1, 0.15) is 94.0 Å². The van der Waals surface area contributed by atoms with Gasteiger partial charge in [-0.05, 0) is 106 Å². The van der Waals surface area contributed by atoms with E-state index in [2.05, 4.69) is 17.6 Å². The maximum Gasteiger partial charge on any atom is 0.309 e. The van der Waals surface area contributed by atoms with Crippen LogP contribution in [0.25, 0.3) is 0 Å². The van der Waals surface area contributed by atoms with Gasteiger partial charge in [0.05, 0.1) is 24.0 Å². The first-order valence-electron chi connectivity index (χ1n) is 14.7. The quantitative estimate of drug-likeness (QED) is 0.402. The first kappa shape index (κ1) is 27.9. The monoisotopic (exact) mass is 542 g/mol. The van der Waals surface area contributed by atoms with Crippen molar-refractivity contribution in [2.45, 2.75) is 90.5 Å². The SMILES string of the molecule is COc1cc(F)c(CC2CCC(C)(C(=O)O)CC2)cc1C(=O)N[C@@H]1[C@H]2CC[C@H](C2)[C@@H]1C(=O)NCC1(C)CCC1. The molecule has 0 radical (unpaired) electrons. The molecule has 8 heteroatoms. The molecule has 1 aromatic carbocycles. The van der Waals surface area contributed by atoms with E-state index in [9.17, 15) is 19.5 Å². The zero-order chi connectivity index (χ0) is 27.9. The van der Waals surface area contributed by atoms with Crippen molar-refractivity contribution < 1.29 is 28.6 Å². The van der Waals surface area contributed by atoms with Crippen molar-refractivity contribution >= 4 is 17.8 Å². The zero-order valence-corrected chi connectivity index (χ0v) is 23.5. The number of hydrogen-bond acceptors (Lipinski definition) is 4. The normalized spacial score (nSPS) is 32.8. The average Bonchev–Trinajstić information content (AvgIpc) is 3.50. The van der Waals surface area contributed by atoms with Crippen LogP contribution in [0.4, 0.5) is 4.39 Å². The van der Waals surface area contributed by atoms with Gasteiger partial charge in [0.25, 0.3) is 5.91 Å². The van der Waals surface area contributed by atoms with Crippen molar-refractivity contribution in [3.05, 3.63) is 29.1 Å². The molecule has 39 heavy (non-hydrogen) atoms. The second-order valence-electron chi connectivity index (χ2n) is 13.4. The molecule has 0 unspecified atom stereocenters. The topological polar surface area (TPSA) is 105 Å². The van der Waals surface area contributed by atoms with Gasteiger partial charge < -0.3 is 20.5 Å². The van der Waals surface area contributed by atoms with Crippen LogP contribution >= 0.6 is 0 Å². The van der Waals surface area contributed by atoms with E-state index >= 15 is 4.39 Å². The number of methoxy groups -OCH3 is 1. The van der Waals surface area contributed by atoms with E-state index in [1.807, 2.05) is 0 Å². The van der Waals surface area contributed by atoms with E-state index in [1.165, 1.54) is 19.6 Å². The van der Waals surface area contributed by atoms with Crippen LogP contribution in [0.15, 0.2) is 12.1 Å². The number of carboxylic acids is 1. The highest BCUT2D eigenvalue weighted by Crippen LogP contribution is 2.49. The molecule has 0 saturated heterocycles. The number of amides is 2. The molecule has 4 atom stereocenters. The number of nitrogens with one attached hydrogen (secondary N) is 2. The Morgan fingerprint density at radius 1 is 1.05 bits per heavy atom. The van der Waals surface area contributed by atoms with Crippen LogP contribution < -0.4 is 15.4 Å². The Morgan fingerprint density at radius 2 is 1.74 bits per heavy atom. The molecule has 0 spiro atoms. The number of fused-ring (bicyclic) bond motifs is 2. The Morgan fingerprint density at radius 3 is 2.36 bits per heavy atom. The molecule has 0 heterocycles. The van der Waals surface area contributed by atoms with Crippen molar-refractivity contribution in [3.63, 3.8) is 0 Å². The van der Waals surface area contributed by atoms with Crippen LogP contribution in [0.5, 0.6) is 5.75 Å². The van der Waals surface area contributed by atoms with E-state index < -0.39 is 17.2 Å². The van der Waals surface area contributed by atoms with E-state index in [0.29, 0.717) is 44.2 Å². The summed E-state index contributed by atoms with van der Waals surface area (Å²) in [6, 6.07) is 2.63. The summed E-state index contributed by atoms with van der Waals surface area (Å²) in [7, 11) is 1.42. The van der Waals surface area contributed by atoms with Gasteiger partial charge >= 0.3 is 5.97 Å². The minimum atomic E-state index is -0.777. The molecule has 1 aromatic rings. The van der Waals surface area contributed by atoms with E-state index in [0.717, 1.165) is 32.1 Å². The van der Waals surface area contributed by atoms with Crippen LogP contribution in [0.3, 0.4) is 0 Å². The second kappa shape index (κ2) is 10.7. The third-order valence-electron chi connectivity index (χ3n) is 10.6. The summed E-state index contributed by atoms with van der Waals surface area (Å²) >= 11 is 0. The lowest BCUT2D eigenvalue weighted by Crippen LogP contribution is -2.51. The summed E-state index contributed by atoms with van der Waals surface area (Å²) in [5.74, 6) is -0.849. The fourth-order valence-corrected chi connectivity index (χ4v) is 7.63. The van der Waals surface area contributed by atoms with Gasteiger partial charge in [0.1, 0.15) is 11.6 Å². The Balaban J connectivity index is 1.28. The summed E-state index contributed by atoms with van der Waals surface area (Å²) in [5, 5.41) is 15.9. The summed E-state index contributed by atoms with van der Waals surface area (Å²) < 4.78 is 20.5. The lowest BCUT2D eigenvalue weighted by molar-refractivity contribution is -0.150. The minimum absolute atomic E-state index is 0.0399. The van der Waals surface area contributed by atoms with E-state index in [1.54, 1.807) is 13.0 Å². The highest BCUT2D eigenvalue weighted by Gasteiger charge is 2.51. The van der Waals surface area contributed by atoms with Crippen molar-refractivity contribution in [2.75, 3.05) is 13.7 Å². The summed E-state index contributed by atoms with van der Waals surface area (Å²) in [4.78, 5) is 38.5. The third kappa shape index (κ3) is 5.53. The van der Waals surface area contributed by atoms with Crippen LogP contribution in [0, 0.1) is 40.3 Å². The lowest BCUT2D eigenvalue weighted by Gasteiger charge is -2.39. The van der Waals surface area contributed by atoms with Crippen molar-refractivity contribution in [1.29, 1.82) is 0 Å². The van der Waals surface area contributed by atoms with Crippen molar-refractivity contribution in [2.24, 2.45) is 34.5 Å². The molecule has 5 rings (SSSR count). The van der Waals surface area contributed by atoms with Gasteiger partial charge in [0.15, 0.2) is 0 Å². The van der Waals surface area contributed by atoms with E-state index in [-0.39, 0.29) is 58.3 Å². The number of hydrogen-bond donors (Lipinski definition) is 3. The molecule has 0 aromatic heterocycles. The molecular weight excluding hydrogens is 499 g/mol. The molecule has 4 saturated carbocycles. The Bertz CT molecular complexity index is 1120. The maximum absolute atomic E-state index is 15.1. The van der Waals surface area contributed by atoms with Crippen molar-refractivity contribution in [1.82, 2.24) is 10.6 Å². The van der Waals surface area contributed by atoms with Gasteiger partial charge in [-0.15, -0.1) is 0 Å². The highest BCUT2D eigenvalue weighted by atomic mass is 19.1. The molecule has 214 valence electrons. The van der Waals surface area contributed by atoms with Gasteiger partial charge in [0, 0.05) is 18.7 Å². The van der Waals surface area contributed by atoms with Gasteiger partial charge in [-0.3, -0.25) is 14.4 Å². The molecule has 3 N–H and O–H groups in total. The number of carboxylic acid groups (broad SMARTS) is 1. The fraction of sp³-hybridized carbons (Fsp3) is 0.710. The molecule has 2 bridgehead atoms. The molecule has 4 aliphatic carbocycles. The first-order chi connectivity index (χ1) is 18.5. The Hall–Kier alpha value is -2.64. The number of halogens is 1. The molecule has 2 amide bonds. The number of ether oxygens (including phenoxy) is 1. The van der Waals surface area contributed by atoms with Crippen LogP contribution in [-0.2, 0) is 16.0 Å². The van der Waals surface area contributed by atoms with E-state index in [4.69, 9.17) is 4.74 Å². The number of rotatable bonds is 9. The average molecular weight is 543 g/mol. The van der Waals surface area contributed by atoms with Crippen molar-refractivity contribution in [3.8, 4) is 5.75 Å². The molecule has 7 nitrogen and oxygen atoms in total. The highest BCUT2D eigenvalue weighted by molar-refractivity contribution is 5.98. The molecule has 4 fully saturated rings. The van der Waals surface area contributed by atoms with Crippen LogP contribution in [-0.4, -0.2) is 42.6 Å². The largest absolute Gasteiger partial charge is 0.496 e. The van der Waals surface area contributed by atoms with Crippen LogP contribution in [0.2, 0.25) is 0 Å². The Labute approximate surface area is 230 Å². The third-order valence-corrected chi connectivity index (χ3v) is 10.6. The second-order valence-corrected chi connectivity index (χ2v) is 13.4. The van der Waals surface area contributed by atoms with Gasteiger partial charge in [0.2, 0.25) is 5.91 Å². The minimum Gasteiger partial charge on any atom is -0.496 e. The zero-order valence-electron chi connectivity index (χ0n) is 23.5. The maximum atomic E-state index is 15.1. The van der Waals surface area contributed by atoms with Gasteiger partial charge in [-0.25, -0.2) is 4.39 Å². The number of benzene rings is 1. The molecule has 0 aliphatic heterocycles.